The number of benzene rings is 3. The number of fused-ring (bicyclic) bond motifs is 1. The molecule has 7 rings (SSSR count). The van der Waals surface area contributed by atoms with Gasteiger partial charge in [-0.25, -0.2) is 4.98 Å². The predicted molar refractivity (Wildman–Crippen MR) is 174 cm³/mol. The normalized spacial score (nSPS) is 18.5. The van der Waals surface area contributed by atoms with Gasteiger partial charge in [0.2, 0.25) is 0 Å². The zero-order valence-corrected chi connectivity index (χ0v) is 26.6. The van der Waals surface area contributed by atoms with Crippen molar-refractivity contribution in [3.63, 3.8) is 0 Å². The van der Waals surface area contributed by atoms with Crippen molar-refractivity contribution in [1.29, 1.82) is 0 Å². The highest BCUT2D eigenvalue weighted by molar-refractivity contribution is 5.83. The van der Waals surface area contributed by atoms with Crippen molar-refractivity contribution < 1.29 is 27.8 Å². The van der Waals surface area contributed by atoms with Crippen LogP contribution in [0.5, 0.6) is 5.75 Å². The van der Waals surface area contributed by atoms with E-state index in [0.717, 1.165) is 12.8 Å². The first kappa shape index (κ1) is 32.1. The first-order valence-electron chi connectivity index (χ1n) is 16.8. The maximum absolute atomic E-state index is 13.6. The number of carbonyl (C=O) groups excluding carboxylic acids is 1. The van der Waals surface area contributed by atoms with Crippen molar-refractivity contribution in [1.82, 2.24) is 14.9 Å². The number of nitrogens with one attached hydrogen (secondary N) is 1. The molecular weight excluding hydrogens is 619 g/mol. The fraction of sp³-hybridized carbons (Fsp3) is 0.395. The lowest BCUT2D eigenvalue weighted by molar-refractivity contribution is -0.274. The van der Waals surface area contributed by atoms with Gasteiger partial charge in [-0.2, -0.15) is 0 Å². The molecule has 2 aliphatic carbocycles. The minimum Gasteiger partial charge on any atom is -0.406 e. The Morgan fingerprint density at radius 3 is 2.44 bits per heavy atom. The number of nitrogens with zero attached hydrogens (tertiary/aromatic N) is 2. The minimum atomic E-state index is -4.83. The van der Waals surface area contributed by atoms with Crippen LogP contribution in [0.3, 0.4) is 0 Å². The molecule has 4 aromatic rings. The summed E-state index contributed by atoms with van der Waals surface area (Å²) in [5.41, 5.74) is 4.36. The molecule has 10 heteroatoms. The number of H-pyrrole nitrogens is 1. The van der Waals surface area contributed by atoms with Gasteiger partial charge in [0.1, 0.15) is 11.6 Å². The van der Waals surface area contributed by atoms with Gasteiger partial charge in [0.05, 0.1) is 23.2 Å². The van der Waals surface area contributed by atoms with Crippen molar-refractivity contribution in [2.45, 2.75) is 88.1 Å². The lowest BCUT2D eigenvalue weighted by Crippen LogP contribution is -2.36. The Balaban J connectivity index is 1.09. The van der Waals surface area contributed by atoms with Crippen LogP contribution in [-0.2, 0) is 23.2 Å². The number of halogens is 3. The number of carbonyl (C=O) groups is 1. The van der Waals surface area contributed by atoms with Gasteiger partial charge in [-0.15, -0.1) is 13.2 Å². The number of aliphatic hydroxyl groups excluding tert-OH is 1. The SMILES string of the molecule is O=C([C@H](O)c1cccc(-c2cccc(OC(F)(F)F)c2)c1)N1CCCc2nc(C3(c4cccc(C5CCCCC5)c4)CC3)[nH]c(=O)c2C1. The van der Waals surface area contributed by atoms with Crippen LogP contribution in [-0.4, -0.2) is 38.8 Å². The highest BCUT2D eigenvalue weighted by atomic mass is 19.4. The van der Waals surface area contributed by atoms with Gasteiger partial charge >= 0.3 is 6.36 Å². The van der Waals surface area contributed by atoms with Crippen molar-refractivity contribution in [2.75, 3.05) is 6.54 Å². The summed E-state index contributed by atoms with van der Waals surface area (Å²) in [6, 6.07) is 20.8. The van der Waals surface area contributed by atoms with Gasteiger partial charge in [0, 0.05) is 6.54 Å². The summed E-state index contributed by atoms with van der Waals surface area (Å²) >= 11 is 0. The van der Waals surface area contributed by atoms with Gasteiger partial charge in [0.15, 0.2) is 6.10 Å². The summed E-state index contributed by atoms with van der Waals surface area (Å²) in [6.45, 7) is 0.362. The molecule has 0 bridgehead atoms. The van der Waals surface area contributed by atoms with E-state index in [-0.39, 0.29) is 28.8 Å². The monoisotopic (exact) mass is 657 g/mol. The van der Waals surface area contributed by atoms with E-state index in [0.29, 0.717) is 53.5 Å². The molecule has 3 aliphatic rings. The number of ether oxygens (including phenoxy) is 1. The van der Waals surface area contributed by atoms with Crippen LogP contribution in [0.1, 0.15) is 97.2 Å². The number of aromatic amines is 1. The zero-order valence-electron chi connectivity index (χ0n) is 26.6. The molecule has 1 aromatic heterocycles. The van der Waals surface area contributed by atoms with E-state index in [9.17, 15) is 27.9 Å². The number of hydrogen-bond donors (Lipinski definition) is 2. The van der Waals surface area contributed by atoms with Gasteiger partial charge < -0.3 is 19.7 Å². The van der Waals surface area contributed by atoms with Gasteiger partial charge in [-0.3, -0.25) is 9.59 Å². The molecule has 7 nitrogen and oxygen atoms in total. The summed E-state index contributed by atoms with van der Waals surface area (Å²) in [5, 5.41) is 11.2. The van der Waals surface area contributed by atoms with E-state index >= 15 is 0 Å². The molecule has 2 fully saturated rings. The van der Waals surface area contributed by atoms with Crippen LogP contribution in [0.2, 0.25) is 0 Å². The number of aryl methyl sites for hydroxylation is 1. The number of rotatable bonds is 7. The van der Waals surface area contributed by atoms with Crippen molar-refractivity contribution in [3.05, 3.63) is 117 Å². The zero-order chi connectivity index (χ0) is 33.5. The molecule has 2 N–H and O–H groups in total. The second-order valence-electron chi connectivity index (χ2n) is 13.3. The highest BCUT2D eigenvalue weighted by Crippen LogP contribution is 2.52. The van der Waals surface area contributed by atoms with Gasteiger partial charge in [-0.05, 0) is 90.5 Å². The maximum Gasteiger partial charge on any atom is 0.573 e. The van der Waals surface area contributed by atoms with Crippen molar-refractivity contribution in [3.8, 4) is 16.9 Å². The van der Waals surface area contributed by atoms with E-state index in [1.807, 2.05) is 0 Å². The Morgan fingerprint density at radius 1 is 0.958 bits per heavy atom. The molecule has 2 saturated carbocycles. The number of aromatic nitrogens is 2. The lowest BCUT2D eigenvalue weighted by atomic mass is 9.82. The molecule has 1 atom stereocenters. The van der Waals surface area contributed by atoms with E-state index < -0.39 is 18.4 Å². The van der Waals surface area contributed by atoms with Crippen LogP contribution >= 0.6 is 0 Å². The average Bonchev–Trinajstić information content (AvgIpc) is 3.93. The molecule has 250 valence electrons. The van der Waals surface area contributed by atoms with Crippen molar-refractivity contribution >= 4 is 5.91 Å². The first-order chi connectivity index (χ1) is 23.1. The summed E-state index contributed by atoms with van der Waals surface area (Å²) in [7, 11) is 0. The van der Waals surface area contributed by atoms with Gasteiger partial charge in [-0.1, -0.05) is 73.9 Å². The topological polar surface area (TPSA) is 95.5 Å². The third kappa shape index (κ3) is 6.63. The van der Waals surface area contributed by atoms with Crippen LogP contribution in [0.15, 0.2) is 77.6 Å². The second kappa shape index (κ2) is 12.9. The molecule has 1 amide bonds. The van der Waals surface area contributed by atoms with E-state index in [1.165, 1.54) is 66.3 Å². The summed E-state index contributed by atoms with van der Waals surface area (Å²) in [5.74, 6) is 0.343. The van der Waals surface area contributed by atoms with E-state index in [1.54, 1.807) is 30.3 Å². The van der Waals surface area contributed by atoms with E-state index in [2.05, 4.69) is 34.0 Å². The Bertz CT molecular complexity index is 1880. The molecule has 0 saturated heterocycles. The molecule has 48 heavy (non-hydrogen) atoms. The average molecular weight is 658 g/mol. The largest absolute Gasteiger partial charge is 0.573 e. The van der Waals surface area contributed by atoms with Crippen LogP contribution in [0, 0.1) is 0 Å². The summed E-state index contributed by atoms with van der Waals surface area (Å²) in [6.07, 6.45) is 2.86. The maximum atomic E-state index is 13.6. The molecule has 2 heterocycles. The van der Waals surface area contributed by atoms with Crippen molar-refractivity contribution in [2.24, 2.45) is 0 Å². The smallest absolute Gasteiger partial charge is 0.406 e. The van der Waals surface area contributed by atoms with Crippen LogP contribution in [0.4, 0.5) is 13.2 Å². The Labute approximate surface area is 276 Å². The number of alkyl halides is 3. The Hall–Kier alpha value is -4.44. The molecule has 1 aliphatic heterocycles. The second-order valence-corrected chi connectivity index (χ2v) is 13.3. The predicted octanol–water partition coefficient (Wildman–Crippen LogP) is 7.47. The van der Waals surface area contributed by atoms with Crippen LogP contribution in [0.25, 0.3) is 11.1 Å². The quantitative estimate of drug-likeness (QED) is 0.215. The molecule has 0 spiro atoms. The fourth-order valence-corrected chi connectivity index (χ4v) is 7.43. The minimum absolute atomic E-state index is 0.0223. The van der Waals surface area contributed by atoms with E-state index in [4.69, 9.17) is 4.98 Å². The Morgan fingerprint density at radius 2 is 1.69 bits per heavy atom. The number of aliphatic hydroxyl groups is 1. The third-order valence-electron chi connectivity index (χ3n) is 10.2. The molecule has 0 unspecified atom stereocenters. The molecular formula is C38H38F3N3O4. The summed E-state index contributed by atoms with van der Waals surface area (Å²) in [4.78, 5) is 36.8. The number of amides is 1. The standard InChI is InChI=1S/C38H38F3N3O4/c39-38(40,41)48-30-15-6-12-27(22-30)25-10-4-13-28(20-25)33(45)35(47)44-19-7-16-32-31(23-44)34(46)43-36(42-32)37(17-18-37)29-14-5-11-26(21-29)24-8-2-1-3-9-24/h4-6,10-15,20-22,24,33,45H,1-3,7-9,16-19,23H2,(H,42,43,46)/t33-/m1/s1. The highest BCUT2D eigenvalue weighted by Gasteiger charge is 2.49. The Kier molecular flexibility index (Phi) is 8.62. The summed E-state index contributed by atoms with van der Waals surface area (Å²) < 4.78 is 42.3. The number of hydrogen-bond acceptors (Lipinski definition) is 5. The first-order valence-corrected chi connectivity index (χ1v) is 16.8. The van der Waals surface area contributed by atoms with Gasteiger partial charge in [0.25, 0.3) is 11.5 Å². The van der Waals surface area contributed by atoms with Crippen LogP contribution < -0.4 is 10.3 Å². The molecule has 3 aromatic carbocycles. The fourth-order valence-electron chi connectivity index (χ4n) is 7.43. The third-order valence-corrected chi connectivity index (χ3v) is 10.2. The molecule has 0 radical (unpaired) electrons. The lowest BCUT2D eigenvalue weighted by Gasteiger charge is -2.25.